The molecule has 1 aromatic carbocycles. The summed E-state index contributed by atoms with van der Waals surface area (Å²) in [6, 6.07) is 9.22. The predicted molar refractivity (Wildman–Crippen MR) is 70.1 cm³/mol. The fourth-order valence-electron chi connectivity index (χ4n) is 1.80. The highest BCUT2D eigenvalue weighted by Crippen LogP contribution is 2.23. The minimum atomic E-state index is -0.958. The monoisotopic (exact) mass is 242 g/mol. The highest BCUT2D eigenvalue weighted by Gasteiger charge is 2.13. The normalized spacial score (nSPS) is 11.6. The van der Waals surface area contributed by atoms with Gasteiger partial charge < -0.3 is 9.52 Å². The van der Waals surface area contributed by atoms with Gasteiger partial charge in [-0.05, 0) is 43.2 Å². The zero-order valence-corrected chi connectivity index (χ0v) is 10.3. The first-order chi connectivity index (χ1) is 8.58. The molecule has 0 aliphatic rings. The van der Waals surface area contributed by atoms with E-state index in [9.17, 15) is 9.90 Å². The Kier molecular flexibility index (Phi) is 3.33. The van der Waals surface area contributed by atoms with Crippen molar-refractivity contribution in [2.45, 2.75) is 13.8 Å². The summed E-state index contributed by atoms with van der Waals surface area (Å²) in [7, 11) is 0. The van der Waals surface area contributed by atoms with Gasteiger partial charge >= 0.3 is 5.97 Å². The number of benzene rings is 1. The Morgan fingerprint density at radius 3 is 2.67 bits per heavy atom. The van der Waals surface area contributed by atoms with Crippen LogP contribution in [0.3, 0.4) is 0 Å². The van der Waals surface area contributed by atoms with Gasteiger partial charge in [-0.2, -0.15) is 0 Å². The number of aryl methyl sites for hydroxylation is 2. The van der Waals surface area contributed by atoms with Gasteiger partial charge in [0.1, 0.15) is 5.76 Å². The number of carboxylic acid groups (broad SMARTS) is 1. The van der Waals surface area contributed by atoms with Crippen molar-refractivity contribution in [1.82, 2.24) is 0 Å². The van der Waals surface area contributed by atoms with E-state index in [4.69, 9.17) is 4.42 Å². The first kappa shape index (κ1) is 12.2. The highest BCUT2D eigenvalue weighted by atomic mass is 16.4. The van der Waals surface area contributed by atoms with E-state index >= 15 is 0 Å². The van der Waals surface area contributed by atoms with Gasteiger partial charge in [-0.15, -0.1) is 0 Å². The number of rotatable bonds is 3. The Morgan fingerprint density at radius 1 is 1.28 bits per heavy atom. The zero-order chi connectivity index (χ0) is 13.1. The van der Waals surface area contributed by atoms with Crippen molar-refractivity contribution >= 4 is 17.6 Å². The van der Waals surface area contributed by atoms with E-state index in [0.29, 0.717) is 5.76 Å². The van der Waals surface area contributed by atoms with Crippen LogP contribution in [0, 0.1) is 13.8 Å². The molecule has 0 atom stereocenters. The summed E-state index contributed by atoms with van der Waals surface area (Å²) >= 11 is 0. The van der Waals surface area contributed by atoms with E-state index in [1.54, 1.807) is 18.2 Å². The van der Waals surface area contributed by atoms with Gasteiger partial charge in [0.25, 0.3) is 0 Å². The fraction of sp³-hybridized carbons (Fsp3) is 0.133. The molecule has 2 aromatic rings. The maximum absolute atomic E-state index is 11.4. The van der Waals surface area contributed by atoms with E-state index in [1.807, 2.05) is 32.0 Å². The summed E-state index contributed by atoms with van der Waals surface area (Å²) < 4.78 is 5.17. The molecule has 0 radical (unpaired) electrons. The maximum atomic E-state index is 11.4. The van der Waals surface area contributed by atoms with Crippen LogP contribution in [-0.2, 0) is 4.79 Å². The van der Waals surface area contributed by atoms with Crippen LogP contribution in [0.4, 0.5) is 0 Å². The van der Waals surface area contributed by atoms with Crippen molar-refractivity contribution in [2.75, 3.05) is 0 Å². The van der Waals surface area contributed by atoms with Crippen molar-refractivity contribution in [3.63, 3.8) is 0 Å². The largest absolute Gasteiger partial charge is 0.478 e. The lowest BCUT2D eigenvalue weighted by atomic mass is 9.98. The van der Waals surface area contributed by atoms with Gasteiger partial charge in [0, 0.05) is 0 Å². The Balaban J connectivity index is 2.55. The second-order valence-corrected chi connectivity index (χ2v) is 4.20. The minimum absolute atomic E-state index is 0.242. The quantitative estimate of drug-likeness (QED) is 0.838. The van der Waals surface area contributed by atoms with Gasteiger partial charge in [-0.25, -0.2) is 4.79 Å². The summed E-state index contributed by atoms with van der Waals surface area (Å²) in [6.45, 7) is 3.84. The topological polar surface area (TPSA) is 50.4 Å². The molecule has 0 amide bonds. The Bertz CT molecular complexity index is 592. The molecule has 0 aliphatic heterocycles. The predicted octanol–water partition coefficient (Wildman–Crippen LogP) is 3.52. The number of hydrogen-bond donors (Lipinski definition) is 1. The molecule has 0 fully saturated rings. The first-order valence-electron chi connectivity index (χ1n) is 5.64. The molecule has 0 saturated heterocycles. The second-order valence-electron chi connectivity index (χ2n) is 4.20. The summed E-state index contributed by atoms with van der Waals surface area (Å²) in [5, 5.41) is 9.33. The number of carbonyl (C=O) groups is 1. The van der Waals surface area contributed by atoms with Crippen LogP contribution in [0.15, 0.2) is 41.0 Å². The number of hydrogen-bond acceptors (Lipinski definition) is 2. The molecule has 0 saturated carbocycles. The number of aliphatic carboxylic acids is 1. The van der Waals surface area contributed by atoms with E-state index in [-0.39, 0.29) is 5.57 Å². The maximum Gasteiger partial charge on any atom is 0.336 e. The third-order valence-electron chi connectivity index (χ3n) is 2.74. The molecule has 3 nitrogen and oxygen atoms in total. The zero-order valence-electron chi connectivity index (χ0n) is 10.3. The first-order valence-corrected chi connectivity index (χ1v) is 5.64. The third-order valence-corrected chi connectivity index (χ3v) is 2.74. The fourth-order valence-corrected chi connectivity index (χ4v) is 1.80. The molecule has 92 valence electrons. The number of furan rings is 1. The lowest BCUT2D eigenvalue weighted by molar-refractivity contribution is -0.130. The van der Waals surface area contributed by atoms with E-state index in [0.717, 1.165) is 16.7 Å². The van der Waals surface area contributed by atoms with Gasteiger partial charge in [-0.1, -0.05) is 23.8 Å². The molecule has 1 N–H and O–H groups in total. The van der Waals surface area contributed by atoms with E-state index in [2.05, 4.69) is 0 Å². The molecule has 18 heavy (non-hydrogen) atoms. The molecule has 2 rings (SSSR count). The van der Waals surface area contributed by atoms with Crippen molar-refractivity contribution in [2.24, 2.45) is 0 Å². The van der Waals surface area contributed by atoms with Crippen molar-refractivity contribution in [1.29, 1.82) is 0 Å². The Hall–Kier alpha value is -2.29. The average Bonchev–Trinajstić information content (AvgIpc) is 2.82. The molecule has 0 aliphatic carbocycles. The van der Waals surface area contributed by atoms with Crippen molar-refractivity contribution < 1.29 is 14.3 Å². The molecule has 0 bridgehead atoms. The van der Waals surface area contributed by atoms with Crippen LogP contribution in [0.1, 0.15) is 22.5 Å². The van der Waals surface area contributed by atoms with Crippen molar-refractivity contribution in [3.8, 4) is 0 Å². The van der Waals surface area contributed by atoms with E-state index < -0.39 is 5.97 Å². The smallest absolute Gasteiger partial charge is 0.336 e. The molecule has 3 heteroatoms. The molecule has 0 unspecified atom stereocenters. The van der Waals surface area contributed by atoms with Crippen molar-refractivity contribution in [3.05, 3.63) is 59.0 Å². The SMILES string of the molecule is Cc1ccc(C)c(/C(=C/c2ccco2)C(=O)O)c1. The van der Waals surface area contributed by atoms with E-state index in [1.165, 1.54) is 6.26 Å². The molecular weight excluding hydrogens is 228 g/mol. The lowest BCUT2D eigenvalue weighted by Gasteiger charge is -2.07. The summed E-state index contributed by atoms with van der Waals surface area (Å²) in [4.78, 5) is 11.4. The molecule has 1 aromatic heterocycles. The third kappa shape index (κ3) is 2.51. The van der Waals surface area contributed by atoms with Gasteiger partial charge in [0.2, 0.25) is 0 Å². The Labute approximate surface area is 105 Å². The summed E-state index contributed by atoms with van der Waals surface area (Å²) in [5.41, 5.74) is 2.92. The van der Waals surface area contributed by atoms with Gasteiger partial charge in [-0.3, -0.25) is 0 Å². The van der Waals surface area contributed by atoms with Crippen LogP contribution in [-0.4, -0.2) is 11.1 Å². The van der Waals surface area contributed by atoms with Crippen LogP contribution in [0.5, 0.6) is 0 Å². The lowest BCUT2D eigenvalue weighted by Crippen LogP contribution is -2.01. The van der Waals surface area contributed by atoms with Crippen LogP contribution < -0.4 is 0 Å². The molecule has 0 spiro atoms. The molecule has 1 heterocycles. The average molecular weight is 242 g/mol. The molecular formula is C15H14O3. The highest BCUT2D eigenvalue weighted by molar-refractivity contribution is 6.20. The number of carboxylic acids is 1. The summed E-state index contributed by atoms with van der Waals surface area (Å²) in [5.74, 6) is -0.423. The van der Waals surface area contributed by atoms with Crippen LogP contribution >= 0.6 is 0 Å². The van der Waals surface area contributed by atoms with Crippen LogP contribution in [0.2, 0.25) is 0 Å². The summed E-state index contributed by atoms with van der Waals surface area (Å²) in [6.07, 6.45) is 3.07. The van der Waals surface area contributed by atoms with Gasteiger partial charge in [0.05, 0.1) is 11.8 Å². The second kappa shape index (κ2) is 4.92. The van der Waals surface area contributed by atoms with Gasteiger partial charge in [0.15, 0.2) is 0 Å². The standard InChI is InChI=1S/C15H14O3/c1-10-5-6-11(2)13(8-10)14(15(16)17)9-12-4-3-7-18-12/h3-9H,1-2H3,(H,16,17)/b14-9-. The Morgan fingerprint density at radius 2 is 2.06 bits per heavy atom. The van der Waals surface area contributed by atoms with Crippen LogP contribution in [0.25, 0.3) is 11.6 Å². The minimum Gasteiger partial charge on any atom is -0.478 e.